The van der Waals surface area contributed by atoms with E-state index in [0.717, 1.165) is 18.4 Å². The first kappa shape index (κ1) is 38.1. The fraction of sp³-hybridized carbons (Fsp3) is 0.526. The zero-order chi connectivity index (χ0) is 38.4. The van der Waals surface area contributed by atoms with Gasteiger partial charge in [-0.1, -0.05) is 37.1 Å². The van der Waals surface area contributed by atoms with Crippen molar-refractivity contribution in [3.8, 4) is 5.88 Å². The minimum atomic E-state index is -4.93. The van der Waals surface area contributed by atoms with Crippen molar-refractivity contribution in [2.24, 2.45) is 17.3 Å². The van der Waals surface area contributed by atoms with Crippen LogP contribution in [-0.4, -0.2) is 70.6 Å². The van der Waals surface area contributed by atoms with Crippen molar-refractivity contribution in [1.82, 2.24) is 19.6 Å². The van der Waals surface area contributed by atoms with Crippen molar-refractivity contribution < 1.29 is 45.5 Å². The number of hydrogen-bond donors (Lipinski definition) is 1. The molecule has 2 aliphatic heterocycles. The molecular weight excluding hydrogens is 746 g/mol. The maximum Gasteiger partial charge on any atom is 0.438 e. The van der Waals surface area contributed by atoms with E-state index in [9.17, 15) is 40.8 Å². The van der Waals surface area contributed by atoms with Gasteiger partial charge in [-0.15, -0.1) is 11.3 Å². The predicted molar refractivity (Wildman–Crippen MR) is 193 cm³/mol. The molecule has 288 valence electrons. The van der Waals surface area contributed by atoms with Gasteiger partial charge in [-0.2, -0.15) is 13.2 Å². The molecule has 2 saturated carbocycles. The average Bonchev–Trinajstić information content (AvgIpc) is 4.01. The Morgan fingerprint density at radius 3 is 2.48 bits per heavy atom. The van der Waals surface area contributed by atoms with Crippen molar-refractivity contribution in [2.45, 2.75) is 101 Å². The van der Waals surface area contributed by atoms with Gasteiger partial charge in [0.15, 0.2) is 11.6 Å². The fourth-order valence-electron chi connectivity index (χ4n) is 7.70. The number of alkyl halides is 3. The maximum atomic E-state index is 14.6. The van der Waals surface area contributed by atoms with Crippen LogP contribution in [0.15, 0.2) is 47.9 Å². The van der Waals surface area contributed by atoms with Crippen molar-refractivity contribution in [3.05, 3.63) is 64.0 Å². The van der Waals surface area contributed by atoms with E-state index in [1.165, 1.54) is 34.4 Å². The fourth-order valence-corrected chi connectivity index (χ4v) is 9.97. The molecule has 0 unspecified atom stereocenters. The van der Waals surface area contributed by atoms with Crippen LogP contribution in [0.25, 0.3) is 11.0 Å². The Hall–Kier alpha value is -4.18. The van der Waals surface area contributed by atoms with Crippen LogP contribution in [0.3, 0.4) is 0 Å². The van der Waals surface area contributed by atoms with E-state index in [0.29, 0.717) is 37.0 Å². The zero-order valence-electron chi connectivity index (χ0n) is 29.6. The van der Waals surface area contributed by atoms with Gasteiger partial charge in [-0.25, -0.2) is 18.4 Å². The number of nitrogens with one attached hydrogen (secondary N) is 1. The molecule has 2 aromatic heterocycles. The highest BCUT2D eigenvalue weighted by Crippen LogP contribution is 2.57. The molecule has 0 radical (unpaired) electrons. The van der Waals surface area contributed by atoms with Crippen LogP contribution in [0, 0.1) is 24.2 Å². The summed E-state index contributed by atoms with van der Waals surface area (Å²) in [7, 11) is -3.93. The quantitative estimate of drug-likeness (QED) is 0.203. The van der Waals surface area contributed by atoms with Crippen LogP contribution in [-0.2, 0) is 30.6 Å². The lowest BCUT2D eigenvalue weighted by Gasteiger charge is -2.29. The third-order valence-corrected chi connectivity index (χ3v) is 13.8. The molecule has 11 nitrogen and oxygen atoms in total. The molecule has 1 N–H and O–H groups in total. The van der Waals surface area contributed by atoms with Gasteiger partial charge in [-0.05, 0) is 80.5 Å². The maximum absolute atomic E-state index is 14.6. The van der Waals surface area contributed by atoms with Crippen LogP contribution in [0.5, 0.6) is 5.88 Å². The molecule has 54 heavy (non-hydrogen) atoms. The molecule has 7 rings (SSSR count). The summed E-state index contributed by atoms with van der Waals surface area (Å²) in [6, 6.07) is 6.62. The molecule has 2 aliphatic carbocycles. The number of ketones is 2. The number of allylic oxidation sites excluding steroid dienone is 2. The van der Waals surface area contributed by atoms with Crippen LogP contribution in [0.2, 0.25) is 0 Å². The predicted octanol–water partition coefficient (Wildman–Crippen LogP) is 6.35. The highest BCUT2D eigenvalue weighted by Gasteiger charge is 2.61. The number of ether oxygens (including phenoxy) is 1. The van der Waals surface area contributed by atoms with E-state index >= 15 is 0 Å². The summed E-state index contributed by atoms with van der Waals surface area (Å²) in [4.78, 5) is 65.9. The Morgan fingerprint density at radius 1 is 1.06 bits per heavy atom. The Morgan fingerprint density at radius 2 is 1.80 bits per heavy atom. The Balaban J connectivity index is 1.22. The number of hydrogen-bond acceptors (Lipinski definition) is 10. The number of rotatable bonds is 8. The minimum absolute atomic E-state index is 0.00964. The van der Waals surface area contributed by atoms with Gasteiger partial charge >= 0.3 is 6.18 Å². The summed E-state index contributed by atoms with van der Waals surface area (Å²) in [6.45, 7) is 1.53. The molecular formula is C38H41F3N4O7S2. The molecule has 0 bridgehead atoms. The second-order valence-corrected chi connectivity index (χ2v) is 17.8. The molecule has 4 aliphatic rings. The third-order valence-electron chi connectivity index (χ3n) is 11.0. The van der Waals surface area contributed by atoms with E-state index in [2.05, 4.69) is 14.7 Å². The lowest BCUT2D eigenvalue weighted by molar-refractivity contribution is -0.143. The molecule has 3 fully saturated rings. The number of amides is 2. The van der Waals surface area contributed by atoms with Gasteiger partial charge in [-0.3, -0.25) is 23.9 Å². The standard InChI is InChI=1S/C38H41F3N4O7S2/c1-22-15-16-53-32(22)30(46)17-23-9-5-3-2-4-6-10-24-19-37(24,36(49)44-54(50,51)26-13-14-26)20-31(47)29-18-25(21-45(29)35(23)48)52-34-33(38(39,40)41)42-27-11-7-8-12-28(27)43-34/h6-8,10-12,15-16,23-26,29H,2-5,9,13-14,17-21H2,1H3,(H,44,49)/b10-6-/t23-,24-,25-,29+,37-/m1/s1. The number of aromatic nitrogens is 2. The minimum Gasteiger partial charge on any atom is -0.471 e. The van der Waals surface area contributed by atoms with Gasteiger partial charge < -0.3 is 9.64 Å². The lowest BCUT2D eigenvalue weighted by atomic mass is 9.90. The molecule has 5 atom stereocenters. The average molecular weight is 787 g/mol. The number of sulfonamides is 1. The molecule has 16 heteroatoms. The van der Waals surface area contributed by atoms with E-state index in [-0.39, 0.29) is 42.6 Å². The van der Waals surface area contributed by atoms with E-state index < -0.39 is 86.4 Å². The Labute approximate surface area is 314 Å². The van der Waals surface area contributed by atoms with Gasteiger partial charge in [0.2, 0.25) is 33.4 Å². The summed E-state index contributed by atoms with van der Waals surface area (Å²) >= 11 is 1.28. The van der Waals surface area contributed by atoms with E-state index in [4.69, 9.17) is 4.74 Å². The highest BCUT2D eigenvalue weighted by molar-refractivity contribution is 7.90. The SMILES string of the molecule is Cc1ccsc1C(=O)C[C@H]1CCCCC/C=C\[C@@H]2C[C@@]2(C(=O)NS(=O)(=O)C2CC2)CC(=O)[C@@H]2C[C@@H](Oc3nc4ccccc4nc3C(F)(F)F)CN2C1=O. The van der Waals surface area contributed by atoms with Gasteiger partial charge in [0, 0.05) is 25.2 Å². The van der Waals surface area contributed by atoms with Crippen molar-refractivity contribution in [1.29, 1.82) is 0 Å². The second kappa shape index (κ2) is 14.8. The molecule has 1 aromatic carbocycles. The topological polar surface area (TPSA) is 153 Å². The number of thiophene rings is 1. The molecule has 4 heterocycles. The molecule has 0 spiro atoms. The van der Waals surface area contributed by atoms with E-state index in [1.807, 2.05) is 25.1 Å². The van der Waals surface area contributed by atoms with Gasteiger partial charge in [0.25, 0.3) is 0 Å². The third kappa shape index (κ3) is 7.95. The number of carbonyl (C=O) groups excluding carboxylic acids is 4. The van der Waals surface area contributed by atoms with Crippen LogP contribution in [0.1, 0.15) is 91.6 Å². The number of aryl methyl sites for hydroxylation is 1. The number of carbonyl (C=O) groups is 4. The summed E-state index contributed by atoms with van der Waals surface area (Å²) in [5.74, 6) is -4.07. The number of Topliss-reactive ketones (excluding diaryl/α,β-unsaturated/α-hetero) is 2. The summed E-state index contributed by atoms with van der Waals surface area (Å²) < 4.78 is 76.6. The van der Waals surface area contributed by atoms with Crippen LogP contribution >= 0.6 is 11.3 Å². The van der Waals surface area contributed by atoms with E-state index in [1.54, 1.807) is 11.4 Å². The number of halogens is 3. The monoisotopic (exact) mass is 786 g/mol. The number of nitrogens with zero attached hydrogens (tertiary/aromatic N) is 3. The van der Waals surface area contributed by atoms with Crippen LogP contribution in [0.4, 0.5) is 13.2 Å². The van der Waals surface area contributed by atoms with Gasteiger partial charge in [0.1, 0.15) is 6.10 Å². The largest absolute Gasteiger partial charge is 0.471 e. The summed E-state index contributed by atoms with van der Waals surface area (Å²) in [6.07, 6.45) is 1.26. The van der Waals surface area contributed by atoms with Crippen molar-refractivity contribution in [3.63, 3.8) is 0 Å². The Bertz CT molecular complexity index is 2120. The lowest BCUT2D eigenvalue weighted by Crippen LogP contribution is -2.46. The van der Waals surface area contributed by atoms with Crippen LogP contribution < -0.4 is 9.46 Å². The summed E-state index contributed by atoms with van der Waals surface area (Å²) in [5.41, 5.74) is -1.77. The zero-order valence-corrected chi connectivity index (χ0v) is 31.3. The normalized spacial score (nSPS) is 27.4. The molecule has 2 amide bonds. The molecule has 1 saturated heterocycles. The second-order valence-electron chi connectivity index (χ2n) is 15.0. The first-order valence-electron chi connectivity index (χ1n) is 18.3. The first-order chi connectivity index (χ1) is 25.7. The number of benzene rings is 1. The van der Waals surface area contributed by atoms with Crippen molar-refractivity contribution >= 4 is 55.8 Å². The number of fused-ring (bicyclic) bond motifs is 3. The Kier molecular flexibility index (Phi) is 10.5. The highest BCUT2D eigenvalue weighted by atomic mass is 32.2. The van der Waals surface area contributed by atoms with Crippen molar-refractivity contribution in [2.75, 3.05) is 6.54 Å². The smallest absolute Gasteiger partial charge is 0.438 e. The van der Waals surface area contributed by atoms with Gasteiger partial charge in [0.05, 0.1) is 39.2 Å². The number of para-hydroxylation sites is 2. The summed E-state index contributed by atoms with van der Waals surface area (Å²) in [5, 5.41) is 1.13. The first-order valence-corrected chi connectivity index (χ1v) is 20.7. The molecule has 3 aromatic rings.